The molecule has 0 saturated carbocycles. The van der Waals surface area contributed by atoms with E-state index in [0.717, 1.165) is 11.1 Å². The molecule has 10 nitrogen and oxygen atoms in total. The quantitative estimate of drug-likeness (QED) is 0.384. The van der Waals surface area contributed by atoms with Crippen LogP contribution in [-0.2, 0) is 36.9 Å². The Morgan fingerprint density at radius 2 is 1.86 bits per heavy atom. The molecule has 1 aromatic carbocycles. The molecule has 3 atom stereocenters. The molecule has 158 valence electrons. The van der Waals surface area contributed by atoms with Crippen molar-refractivity contribution in [2.24, 2.45) is 11.5 Å². The Balaban J connectivity index is 2.20. The van der Waals surface area contributed by atoms with Crippen molar-refractivity contribution in [3.8, 4) is 0 Å². The largest absolute Gasteiger partial charge is 0.368 e. The maximum atomic E-state index is 12.2. The fraction of sp³-hybridized carbons (Fsp3) is 0.474. The topological polar surface area (TPSA) is 166 Å². The van der Waals surface area contributed by atoms with Crippen LogP contribution in [0.5, 0.6) is 0 Å². The smallest absolute Gasteiger partial charge is 0.246 e. The Morgan fingerprint density at radius 1 is 1.14 bits per heavy atom. The number of amides is 4. The summed E-state index contributed by atoms with van der Waals surface area (Å²) in [6, 6.07) is 5.32. The third-order valence-electron chi connectivity index (χ3n) is 4.52. The van der Waals surface area contributed by atoms with Gasteiger partial charge in [-0.1, -0.05) is 31.2 Å². The Morgan fingerprint density at radius 3 is 2.55 bits per heavy atom. The second-order valence-corrected chi connectivity index (χ2v) is 6.83. The van der Waals surface area contributed by atoms with E-state index in [4.69, 9.17) is 16.2 Å². The van der Waals surface area contributed by atoms with Crippen LogP contribution >= 0.6 is 0 Å². The van der Waals surface area contributed by atoms with E-state index in [-0.39, 0.29) is 32.0 Å². The summed E-state index contributed by atoms with van der Waals surface area (Å²) >= 11 is 0. The summed E-state index contributed by atoms with van der Waals surface area (Å²) in [5.74, 6) is -2.29. The zero-order valence-electron chi connectivity index (χ0n) is 16.3. The molecule has 10 heteroatoms. The van der Waals surface area contributed by atoms with E-state index in [1.165, 1.54) is 0 Å². The number of nitrogens with two attached hydrogens (primary N) is 2. The van der Waals surface area contributed by atoms with Gasteiger partial charge in [0.05, 0.1) is 18.7 Å². The summed E-state index contributed by atoms with van der Waals surface area (Å²) < 4.78 is 5.51. The van der Waals surface area contributed by atoms with Crippen LogP contribution in [0.4, 0.5) is 0 Å². The van der Waals surface area contributed by atoms with E-state index >= 15 is 0 Å². The van der Waals surface area contributed by atoms with Crippen LogP contribution < -0.4 is 27.4 Å². The van der Waals surface area contributed by atoms with Crippen molar-refractivity contribution < 1.29 is 23.9 Å². The molecule has 2 bridgehead atoms. The number of hydrogen-bond donors (Lipinski definition) is 5. The molecule has 0 fully saturated rings. The highest BCUT2D eigenvalue weighted by molar-refractivity contribution is 5.91. The van der Waals surface area contributed by atoms with E-state index < -0.39 is 35.9 Å². The Bertz CT molecular complexity index is 769. The van der Waals surface area contributed by atoms with Gasteiger partial charge in [0.25, 0.3) is 0 Å². The molecule has 0 radical (unpaired) electrons. The van der Waals surface area contributed by atoms with Gasteiger partial charge in [-0.25, -0.2) is 0 Å². The van der Waals surface area contributed by atoms with Gasteiger partial charge < -0.3 is 32.2 Å². The molecule has 29 heavy (non-hydrogen) atoms. The summed E-state index contributed by atoms with van der Waals surface area (Å²) in [4.78, 5) is 48.2. The molecule has 0 aromatic heterocycles. The Hall–Kier alpha value is -2.98. The lowest BCUT2D eigenvalue weighted by Crippen LogP contribution is -2.55. The van der Waals surface area contributed by atoms with E-state index in [9.17, 15) is 19.2 Å². The zero-order chi connectivity index (χ0) is 21.4. The van der Waals surface area contributed by atoms with Crippen LogP contribution in [0.25, 0.3) is 0 Å². The minimum absolute atomic E-state index is 0.264. The number of rotatable bonds is 2. The van der Waals surface area contributed by atoms with E-state index in [1.54, 1.807) is 6.92 Å². The number of primary amides is 1. The molecule has 3 unspecified atom stereocenters. The average Bonchev–Trinajstić information content (AvgIpc) is 2.69. The van der Waals surface area contributed by atoms with Crippen molar-refractivity contribution in [2.75, 3.05) is 13.2 Å². The Kier molecular flexibility index (Phi) is 8.10. The van der Waals surface area contributed by atoms with Crippen molar-refractivity contribution in [1.82, 2.24) is 16.0 Å². The second kappa shape index (κ2) is 10.5. The van der Waals surface area contributed by atoms with Gasteiger partial charge in [0.1, 0.15) is 12.6 Å². The molecule has 0 saturated heterocycles. The summed E-state index contributed by atoms with van der Waals surface area (Å²) in [5, 5.41) is 7.61. The minimum Gasteiger partial charge on any atom is -0.368 e. The highest BCUT2D eigenvalue weighted by atomic mass is 16.5. The van der Waals surface area contributed by atoms with Crippen LogP contribution in [0.3, 0.4) is 0 Å². The minimum atomic E-state index is -1.14. The van der Waals surface area contributed by atoms with Gasteiger partial charge >= 0.3 is 0 Å². The average molecular weight is 405 g/mol. The molecule has 2 rings (SSSR count). The van der Waals surface area contributed by atoms with Gasteiger partial charge in [0, 0.05) is 6.54 Å². The molecule has 1 aromatic rings. The van der Waals surface area contributed by atoms with Gasteiger partial charge in [-0.2, -0.15) is 0 Å². The molecule has 1 aliphatic heterocycles. The molecular weight excluding hydrogens is 378 g/mol. The summed E-state index contributed by atoms with van der Waals surface area (Å²) in [5.41, 5.74) is 13.0. The zero-order valence-corrected chi connectivity index (χ0v) is 16.3. The van der Waals surface area contributed by atoms with Gasteiger partial charge in [0.2, 0.25) is 23.6 Å². The SMILES string of the molecule is CCC1OCC(=O)NCc2cccc(c2)CC(N)C(=O)NCC(=O)NC1C(N)=O. The van der Waals surface area contributed by atoms with Gasteiger partial charge in [-0.15, -0.1) is 0 Å². The third-order valence-corrected chi connectivity index (χ3v) is 4.52. The number of ether oxygens (including phenoxy) is 1. The van der Waals surface area contributed by atoms with E-state index in [0.29, 0.717) is 6.42 Å². The van der Waals surface area contributed by atoms with Gasteiger partial charge in [0.15, 0.2) is 0 Å². The van der Waals surface area contributed by atoms with Crippen molar-refractivity contribution in [2.45, 2.75) is 44.5 Å². The molecular formula is C19H27N5O5. The molecule has 7 N–H and O–H groups in total. The molecule has 0 spiro atoms. The monoisotopic (exact) mass is 405 g/mol. The van der Waals surface area contributed by atoms with Crippen LogP contribution in [0.2, 0.25) is 0 Å². The van der Waals surface area contributed by atoms with Gasteiger partial charge in [-0.3, -0.25) is 19.2 Å². The van der Waals surface area contributed by atoms with Crippen LogP contribution in [0.1, 0.15) is 24.5 Å². The fourth-order valence-electron chi connectivity index (χ4n) is 2.97. The second-order valence-electron chi connectivity index (χ2n) is 6.83. The first-order valence-corrected chi connectivity index (χ1v) is 9.38. The molecule has 1 heterocycles. The summed E-state index contributed by atoms with van der Waals surface area (Å²) in [6.45, 7) is 1.34. The van der Waals surface area contributed by atoms with Crippen molar-refractivity contribution in [3.63, 3.8) is 0 Å². The summed E-state index contributed by atoms with van der Waals surface area (Å²) in [7, 11) is 0. The predicted octanol–water partition coefficient (Wildman–Crippen LogP) is -1.93. The third kappa shape index (κ3) is 6.84. The van der Waals surface area contributed by atoms with Crippen molar-refractivity contribution in [1.29, 1.82) is 0 Å². The standard InChI is InChI=1S/C19H27N5O5/c1-2-14-17(18(21)27)24-15(25)9-23-19(28)13(20)7-11-4-3-5-12(6-11)8-22-16(26)10-29-14/h3-6,13-14,17H,2,7-10,20H2,1H3,(H2,21,27)(H,22,26)(H,23,28)(H,24,25). The first-order valence-electron chi connectivity index (χ1n) is 9.38. The number of benzene rings is 1. The number of hydrogen-bond acceptors (Lipinski definition) is 6. The first-order chi connectivity index (χ1) is 13.8. The lowest BCUT2D eigenvalue weighted by molar-refractivity contribution is -0.135. The molecule has 4 amide bonds. The molecule has 0 aliphatic carbocycles. The van der Waals surface area contributed by atoms with Crippen LogP contribution in [0, 0.1) is 0 Å². The number of fused-ring (bicyclic) bond motifs is 2. The predicted molar refractivity (Wildman–Crippen MR) is 104 cm³/mol. The van der Waals surface area contributed by atoms with Crippen molar-refractivity contribution >= 4 is 23.6 Å². The van der Waals surface area contributed by atoms with E-state index in [1.807, 2.05) is 24.3 Å². The highest BCUT2D eigenvalue weighted by Crippen LogP contribution is 2.09. The van der Waals surface area contributed by atoms with Crippen LogP contribution in [0.15, 0.2) is 24.3 Å². The van der Waals surface area contributed by atoms with E-state index in [2.05, 4.69) is 16.0 Å². The lowest BCUT2D eigenvalue weighted by Gasteiger charge is -2.25. The number of carbonyl (C=O) groups excluding carboxylic acids is 4. The normalized spacial score (nSPS) is 24.6. The fourth-order valence-corrected chi connectivity index (χ4v) is 2.97. The van der Waals surface area contributed by atoms with Gasteiger partial charge in [-0.05, 0) is 24.0 Å². The first kappa shape index (κ1) is 22.3. The Labute approximate surface area is 168 Å². The maximum absolute atomic E-state index is 12.2. The number of nitrogens with one attached hydrogen (secondary N) is 3. The van der Waals surface area contributed by atoms with Crippen LogP contribution in [-0.4, -0.2) is 55.0 Å². The van der Waals surface area contributed by atoms with Crippen molar-refractivity contribution in [3.05, 3.63) is 35.4 Å². The number of carbonyl (C=O) groups is 4. The highest BCUT2D eigenvalue weighted by Gasteiger charge is 2.28. The maximum Gasteiger partial charge on any atom is 0.246 e. The summed E-state index contributed by atoms with van der Waals surface area (Å²) in [6.07, 6.45) is -0.195. The molecule has 1 aliphatic rings. The lowest BCUT2D eigenvalue weighted by atomic mass is 10.0.